The zero-order chi connectivity index (χ0) is 11.4. The van der Waals surface area contributed by atoms with Crippen LogP contribution < -0.4 is 0 Å². The van der Waals surface area contributed by atoms with Crippen molar-refractivity contribution < 1.29 is 0 Å². The lowest BCUT2D eigenvalue weighted by Crippen LogP contribution is -2.15. The van der Waals surface area contributed by atoms with Crippen molar-refractivity contribution in [3.8, 4) is 0 Å². The molecule has 0 radical (unpaired) electrons. The van der Waals surface area contributed by atoms with E-state index in [0.29, 0.717) is 0 Å². The molecule has 2 atom stereocenters. The molecule has 1 aliphatic carbocycles. The van der Waals surface area contributed by atoms with Gasteiger partial charge in [-0.2, -0.15) is 0 Å². The van der Waals surface area contributed by atoms with Gasteiger partial charge in [-0.05, 0) is 43.6 Å². The largest absolute Gasteiger partial charge is 0.0992 e. The Bertz CT molecular complexity index is 270. The number of allylic oxidation sites excluding steroid dienone is 3. The summed E-state index contributed by atoms with van der Waals surface area (Å²) in [6.07, 6.45) is 6.36. The summed E-state index contributed by atoms with van der Waals surface area (Å²) in [6, 6.07) is 0. The number of hydrogen-bond donors (Lipinski definition) is 0. The average molecular weight is 204 g/mol. The molecule has 0 aromatic carbocycles. The Balaban J connectivity index is 2.46. The van der Waals surface area contributed by atoms with Gasteiger partial charge in [0.05, 0.1) is 0 Å². The van der Waals surface area contributed by atoms with Crippen molar-refractivity contribution in [3.05, 3.63) is 36.5 Å². The highest BCUT2D eigenvalue weighted by Crippen LogP contribution is 2.35. The van der Waals surface area contributed by atoms with Crippen LogP contribution in [0.15, 0.2) is 36.5 Å². The lowest BCUT2D eigenvalue weighted by atomic mass is 9.77. The lowest BCUT2D eigenvalue weighted by Gasteiger charge is -2.28. The molecule has 1 rings (SSSR count). The van der Waals surface area contributed by atoms with Gasteiger partial charge in [0.15, 0.2) is 0 Å². The van der Waals surface area contributed by atoms with Crippen molar-refractivity contribution in [1.29, 1.82) is 0 Å². The summed E-state index contributed by atoms with van der Waals surface area (Å²) < 4.78 is 0. The molecule has 2 unspecified atom stereocenters. The van der Waals surface area contributed by atoms with Crippen LogP contribution >= 0.6 is 0 Å². The minimum absolute atomic E-state index is 0.727. The number of hydrogen-bond acceptors (Lipinski definition) is 0. The van der Waals surface area contributed by atoms with Crippen LogP contribution in [-0.4, -0.2) is 0 Å². The predicted octanol–water partition coefficient (Wildman–Crippen LogP) is 4.89. The first-order chi connectivity index (χ1) is 7.00. The Morgan fingerprint density at radius 2 is 1.87 bits per heavy atom. The van der Waals surface area contributed by atoms with E-state index in [1.54, 1.807) is 0 Å². The second-order valence-corrected chi connectivity index (χ2v) is 5.19. The van der Waals surface area contributed by atoms with Gasteiger partial charge in [-0.15, -0.1) is 0 Å². The normalized spacial score (nSPS) is 26.0. The van der Waals surface area contributed by atoms with Crippen molar-refractivity contribution in [3.63, 3.8) is 0 Å². The molecular weight excluding hydrogens is 180 g/mol. The van der Waals surface area contributed by atoms with Crippen LogP contribution in [0.5, 0.6) is 0 Å². The third-order valence-electron chi connectivity index (χ3n) is 3.56. The maximum absolute atomic E-state index is 4.23. The maximum atomic E-state index is 4.23. The first-order valence-electron chi connectivity index (χ1n) is 6.02. The highest BCUT2D eigenvalue weighted by atomic mass is 14.3. The highest BCUT2D eigenvalue weighted by molar-refractivity contribution is 5.28. The van der Waals surface area contributed by atoms with Crippen LogP contribution in [0.2, 0.25) is 0 Å². The smallest absolute Gasteiger partial charge is 0.00705 e. The SMILES string of the molecule is C=C(C)C(=C)CC(=C)C1CCCC(C)C1. The van der Waals surface area contributed by atoms with Gasteiger partial charge in [0.25, 0.3) is 0 Å². The van der Waals surface area contributed by atoms with E-state index in [-0.39, 0.29) is 0 Å². The molecule has 0 heteroatoms. The quantitative estimate of drug-likeness (QED) is 0.452. The van der Waals surface area contributed by atoms with Crippen molar-refractivity contribution >= 4 is 0 Å². The molecule has 0 N–H and O–H groups in total. The average Bonchev–Trinajstić information content (AvgIpc) is 2.17. The Kier molecular flexibility index (Phi) is 4.38. The molecule has 1 aliphatic rings. The topological polar surface area (TPSA) is 0 Å². The summed E-state index contributed by atoms with van der Waals surface area (Å²) in [7, 11) is 0. The third-order valence-corrected chi connectivity index (χ3v) is 3.56. The van der Waals surface area contributed by atoms with Gasteiger partial charge in [0.2, 0.25) is 0 Å². The van der Waals surface area contributed by atoms with Crippen molar-refractivity contribution in [2.45, 2.75) is 46.0 Å². The first-order valence-corrected chi connectivity index (χ1v) is 6.02. The molecule has 84 valence electrons. The summed E-state index contributed by atoms with van der Waals surface area (Å²) in [4.78, 5) is 0. The fraction of sp³-hybridized carbons (Fsp3) is 0.600. The van der Waals surface area contributed by atoms with E-state index in [1.807, 2.05) is 6.92 Å². The Morgan fingerprint density at radius 3 is 2.40 bits per heavy atom. The van der Waals surface area contributed by atoms with Gasteiger partial charge < -0.3 is 0 Å². The van der Waals surface area contributed by atoms with Crippen LogP contribution in [0.1, 0.15) is 46.0 Å². The molecule has 0 spiro atoms. The fourth-order valence-corrected chi connectivity index (χ4v) is 2.37. The molecular formula is C15H24. The Labute approximate surface area is 94.8 Å². The van der Waals surface area contributed by atoms with Gasteiger partial charge in [-0.3, -0.25) is 0 Å². The van der Waals surface area contributed by atoms with Crippen molar-refractivity contribution in [2.75, 3.05) is 0 Å². The minimum Gasteiger partial charge on any atom is -0.0992 e. The van der Waals surface area contributed by atoms with Crippen LogP contribution in [0, 0.1) is 11.8 Å². The van der Waals surface area contributed by atoms with Crippen molar-refractivity contribution in [1.82, 2.24) is 0 Å². The summed E-state index contributed by atoms with van der Waals surface area (Å²) in [5, 5.41) is 0. The first kappa shape index (κ1) is 12.3. The molecule has 0 saturated heterocycles. The van der Waals surface area contributed by atoms with E-state index in [4.69, 9.17) is 0 Å². The second kappa shape index (κ2) is 5.34. The highest BCUT2D eigenvalue weighted by Gasteiger charge is 2.21. The van der Waals surface area contributed by atoms with E-state index in [1.165, 1.54) is 31.3 Å². The van der Waals surface area contributed by atoms with Crippen LogP contribution in [0.25, 0.3) is 0 Å². The molecule has 1 fully saturated rings. The molecule has 0 aromatic heterocycles. The zero-order valence-electron chi connectivity index (χ0n) is 10.3. The predicted molar refractivity (Wildman–Crippen MR) is 68.8 cm³/mol. The summed E-state index contributed by atoms with van der Waals surface area (Å²) in [5.74, 6) is 1.60. The molecule has 15 heavy (non-hydrogen) atoms. The van der Waals surface area contributed by atoms with Crippen LogP contribution in [0.4, 0.5) is 0 Å². The molecule has 0 bridgehead atoms. The van der Waals surface area contributed by atoms with E-state index in [0.717, 1.165) is 29.4 Å². The maximum Gasteiger partial charge on any atom is -0.00705 e. The van der Waals surface area contributed by atoms with Crippen LogP contribution in [0.3, 0.4) is 0 Å². The van der Waals surface area contributed by atoms with Gasteiger partial charge in [-0.25, -0.2) is 0 Å². The Morgan fingerprint density at radius 1 is 1.20 bits per heavy atom. The Hall–Kier alpha value is -0.780. The van der Waals surface area contributed by atoms with E-state index in [2.05, 4.69) is 26.7 Å². The standard InChI is InChI=1S/C15H24/c1-11(2)13(4)10-14(5)15-8-6-7-12(3)9-15/h12,15H,1,4-10H2,2-3H3. The van der Waals surface area contributed by atoms with Crippen molar-refractivity contribution in [2.24, 2.45) is 11.8 Å². The summed E-state index contributed by atoms with van der Waals surface area (Å²) >= 11 is 0. The lowest BCUT2D eigenvalue weighted by molar-refractivity contribution is 0.312. The monoisotopic (exact) mass is 204 g/mol. The van der Waals surface area contributed by atoms with Gasteiger partial charge in [0, 0.05) is 0 Å². The van der Waals surface area contributed by atoms with Gasteiger partial charge in [0.1, 0.15) is 0 Å². The molecule has 0 aromatic rings. The summed E-state index contributed by atoms with van der Waals surface area (Å²) in [5.41, 5.74) is 3.62. The van der Waals surface area contributed by atoms with E-state index in [9.17, 15) is 0 Å². The number of rotatable bonds is 4. The molecule has 1 saturated carbocycles. The third kappa shape index (κ3) is 3.70. The second-order valence-electron chi connectivity index (χ2n) is 5.19. The van der Waals surface area contributed by atoms with Gasteiger partial charge >= 0.3 is 0 Å². The molecule has 0 aliphatic heterocycles. The van der Waals surface area contributed by atoms with E-state index < -0.39 is 0 Å². The molecule has 0 nitrogen and oxygen atoms in total. The summed E-state index contributed by atoms with van der Waals surface area (Å²) in [6.45, 7) is 16.6. The molecule has 0 heterocycles. The molecule has 0 amide bonds. The van der Waals surface area contributed by atoms with Crippen LogP contribution in [-0.2, 0) is 0 Å². The van der Waals surface area contributed by atoms with E-state index >= 15 is 0 Å². The zero-order valence-corrected chi connectivity index (χ0v) is 10.3. The fourth-order valence-electron chi connectivity index (χ4n) is 2.37. The van der Waals surface area contributed by atoms with Gasteiger partial charge in [-0.1, -0.05) is 50.6 Å². The minimum atomic E-state index is 0.727.